The Morgan fingerprint density at radius 2 is 1.04 bits per heavy atom. The summed E-state index contributed by atoms with van der Waals surface area (Å²) < 4.78 is 13.0. The summed E-state index contributed by atoms with van der Waals surface area (Å²) in [5.74, 6) is 1.38. The highest BCUT2D eigenvalue weighted by atomic mass is 16.3. The standard InChI is InChI=1S/C42H26N2O2/c1-3-12-27(13-4-1)31-16-11-17-32(26-31)37-38-33-18-7-8-19-34(33)43-39(28-14-5-2-6-15-28)41(38)46-40(37)29-22-24-30(25-23-29)42-44-35-20-9-10-21-36(35)45-42/h1-26H. The van der Waals surface area contributed by atoms with Crippen LogP contribution in [0, 0.1) is 0 Å². The predicted molar refractivity (Wildman–Crippen MR) is 186 cm³/mol. The molecule has 9 rings (SSSR count). The molecule has 0 saturated heterocycles. The van der Waals surface area contributed by atoms with Crippen LogP contribution < -0.4 is 0 Å². The second-order valence-electron chi connectivity index (χ2n) is 11.4. The molecule has 0 saturated carbocycles. The molecule has 46 heavy (non-hydrogen) atoms. The van der Waals surface area contributed by atoms with Crippen LogP contribution in [0.3, 0.4) is 0 Å². The molecule has 0 unspecified atom stereocenters. The van der Waals surface area contributed by atoms with Crippen LogP contribution in [-0.2, 0) is 0 Å². The van der Waals surface area contributed by atoms with Gasteiger partial charge in [0.05, 0.1) is 5.52 Å². The first kappa shape index (κ1) is 26.2. The Kier molecular flexibility index (Phi) is 6.10. The summed E-state index contributed by atoms with van der Waals surface area (Å²) >= 11 is 0. The molecule has 0 radical (unpaired) electrons. The first-order chi connectivity index (χ1) is 22.8. The van der Waals surface area contributed by atoms with E-state index in [1.54, 1.807) is 0 Å². The lowest BCUT2D eigenvalue weighted by molar-refractivity contribution is 0.619. The smallest absolute Gasteiger partial charge is 0.227 e. The minimum absolute atomic E-state index is 0.592. The number of pyridine rings is 1. The molecule has 0 atom stereocenters. The van der Waals surface area contributed by atoms with E-state index in [9.17, 15) is 0 Å². The number of hydrogen-bond acceptors (Lipinski definition) is 4. The van der Waals surface area contributed by atoms with Gasteiger partial charge in [0.2, 0.25) is 5.89 Å². The number of hydrogen-bond donors (Lipinski definition) is 0. The molecule has 0 aliphatic heterocycles. The molecule has 0 N–H and O–H groups in total. The average molecular weight is 591 g/mol. The lowest BCUT2D eigenvalue weighted by Gasteiger charge is -2.09. The summed E-state index contributed by atoms with van der Waals surface area (Å²) in [7, 11) is 0. The number of fused-ring (bicyclic) bond motifs is 4. The minimum atomic E-state index is 0.592. The molecule has 9 aromatic rings. The Balaban J connectivity index is 1.31. The van der Waals surface area contributed by atoms with Gasteiger partial charge in [-0.05, 0) is 53.1 Å². The van der Waals surface area contributed by atoms with E-state index >= 15 is 0 Å². The van der Waals surface area contributed by atoms with Gasteiger partial charge >= 0.3 is 0 Å². The van der Waals surface area contributed by atoms with E-state index in [2.05, 4.69) is 91.0 Å². The van der Waals surface area contributed by atoms with Gasteiger partial charge in [-0.25, -0.2) is 9.97 Å². The van der Waals surface area contributed by atoms with E-state index in [1.165, 1.54) is 0 Å². The second kappa shape index (κ2) is 10.7. The molecule has 216 valence electrons. The fraction of sp³-hybridized carbons (Fsp3) is 0. The molecular weight excluding hydrogens is 564 g/mol. The molecule has 4 heteroatoms. The van der Waals surface area contributed by atoms with Crippen LogP contribution in [0.15, 0.2) is 167 Å². The topological polar surface area (TPSA) is 52.1 Å². The Labute approximate surface area is 265 Å². The van der Waals surface area contributed by atoms with Gasteiger partial charge in [0, 0.05) is 33.0 Å². The highest BCUT2D eigenvalue weighted by molar-refractivity contribution is 6.18. The van der Waals surface area contributed by atoms with Crippen LogP contribution in [0.4, 0.5) is 0 Å². The largest absolute Gasteiger partial charge is 0.453 e. The monoisotopic (exact) mass is 590 g/mol. The highest BCUT2D eigenvalue weighted by Gasteiger charge is 2.24. The van der Waals surface area contributed by atoms with E-state index in [0.717, 1.165) is 83.4 Å². The maximum absolute atomic E-state index is 6.97. The Morgan fingerprint density at radius 3 is 1.83 bits per heavy atom. The van der Waals surface area contributed by atoms with E-state index < -0.39 is 0 Å². The van der Waals surface area contributed by atoms with Crippen molar-refractivity contribution in [3.8, 4) is 56.3 Å². The van der Waals surface area contributed by atoms with Gasteiger partial charge < -0.3 is 8.83 Å². The fourth-order valence-corrected chi connectivity index (χ4v) is 6.32. The van der Waals surface area contributed by atoms with Gasteiger partial charge in [-0.2, -0.15) is 0 Å². The molecule has 6 aromatic carbocycles. The van der Waals surface area contributed by atoms with Crippen molar-refractivity contribution in [2.75, 3.05) is 0 Å². The molecule has 3 heterocycles. The van der Waals surface area contributed by atoms with Gasteiger partial charge in [-0.1, -0.05) is 121 Å². The van der Waals surface area contributed by atoms with E-state index in [-0.39, 0.29) is 0 Å². The maximum Gasteiger partial charge on any atom is 0.227 e. The van der Waals surface area contributed by atoms with E-state index in [1.807, 2.05) is 66.7 Å². The van der Waals surface area contributed by atoms with Gasteiger partial charge in [0.1, 0.15) is 17.0 Å². The van der Waals surface area contributed by atoms with Crippen molar-refractivity contribution >= 4 is 33.0 Å². The van der Waals surface area contributed by atoms with Crippen molar-refractivity contribution < 1.29 is 8.83 Å². The van der Waals surface area contributed by atoms with Gasteiger partial charge in [-0.3, -0.25) is 0 Å². The molecule has 0 aliphatic carbocycles. The lowest BCUT2D eigenvalue weighted by atomic mass is 9.93. The molecule has 0 spiro atoms. The number of benzene rings is 6. The zero-order valence-corrected chi connectivity index (χ0v) is 24.7. The number of aromatic nitrogens is 2. The summed E-state index contributed by atoms with van der Waals surface area (Å²) in [6.07, 6.45) is 0. The third-order valence-corrected chi connectivity index (χ3v) is 8.52. The summed E-state index contributed by atoms with van der Waals surface area (Å²) in [6, 6.07) is 53.9. The molecule has 0 bridgehead atoms. The van der Waals surface area contributed by atoms with E-state index in [4.69, 9.17) is 18.8 Å². The Morgan fingerprint density at radius 1 is 0.413 bits per heavy atom. The zero-order chi connectivity index (χ0) is 30.5. The fourth-order valence-electron chi connectivity index (χ4n) is 6.32. The van der Waals surface area contributed by atoms with Gasteiger partial charge in [0.25, 0.3) is 0 Å². The van der Waals surface area contributed by atoms with E-state index in [0.29, 0.717) is 5.89 Å². The molecule has 0 fully saturated rings. The lowest BCUT2D eigenvalue weighted by Crippen LogP contribution is -1.89. The van der Waals surface area contributed by atoms with Gasteiger partial charge in [0.15, 0.2) is 11.2 Å². The van der Waals surface area contributed by atoms with Crippen molar-refractivity contribution in [2.24, 2.45) is 0 Å². The molecular formula is C42H26N2O2. The summed E-state index contributed by atoms with van der Waals surface area (Å²) in [4.78, 5) is 9.85. The van der Waals surface area contributed by atoms with Crippen molar-refractivity contribution in [3.05, 3.63) is 158 Å². The Hall–Kier alpha value is -6.26. The van der Waals surface area contributed by atoms with Crippen LogP contribution in [-0.4, -0.2) is 9.97 Å². The van der Waals surface area contributed by atoms with Crippen LogP contribution >= 0.6 is 0 Å². The maximum atomic E-state index is 6.97. The second-order valence-corrected chi connectivity index (χ2v) is 11.4. The quantitative estimate of drug-likeness (QED) is 0.200. The number of nitrogens with zero attached hydrogens (tertiary/aromatic N) is 2. The van der Waals surface area contributed by atoms with Crippen molar-refractivity contribution in [1.82, 2.24) is 9.97 Å². The first-order valence-corrected chi connectivity index (χ1v) is 15.3. The summed E-state index contributed by atoms with van der Waals surface area (Å²) in [5.41, 5.74) is 11.4. The number of furan rings is 1. The van der Waals surface area contributed by atoms with Crippen LogP contribution in [0.25, 0.3) is 89.3 Å². The SMILES string of the molecule is c1ccc(-c2cccc(-c3c(-c4ccc(-c5nc6ccccc6o5)cc4)oc4c(-c5ccccc5)nc5ccccc5c34)c2)cc1. The highest BCUT2D eigenvalue weighted by Crippen LogP contribution is 2.47. The zero-order valence-electron chi connectivity index (χ0n) is 24.7. The predicted octanol–water partition coefficient (Wildman–Crippen LogP) is 11.5. The van der Waals surface area contributed by atoms with Crippen LogP contribution in [0.5, 0.6) is 0 Å². The molecule has 0 aliphatic rings. The molecule has 0 amide bonds. The van der Waals surface area contributed by atoms with Crippen molar-refractivity contribution in [2.45, 2.75) is 0 Å². The minimum Gasteiger partial charge on any atom is -0.453 e. The third-order valence-electron chi connectivity index (χ3n) is 8.52. The van der Waals surface area contributed by atoms with Crippen LogP contribution in [0.1, 0.15) is 0 Å². The summed E-state index contributed by atoms with van der Waals surface area (Å²) in [5, 5.41) is 2.10. The van der Waals surface area contributed by atoms with Crippen molar-refractivity contribution in [3.63, 3.8) is 0 Å². The average Bonchev–Trinajstić information content (AvgIpc) is 3.75. The normalized spacial score (nSPS) is 11.5. The van der Waals surface area contributed by atoms with Crippen molar-refractivity contribution in [1.29, 1.82) is 0 Å². The molecule has 3 aromatic heterocycles. The summed E-state index contributed by atoms with van der Waals surface area (Å²) in [6.45, 7) is 0. The Bertz CT molecular complexity index is 2480. The molecule has 4 nitrogen and oxygen atoms in total. The number of para-hydroxylation sites is 3. The number of rotatable bonds is 5. The van der Waals surface area contributed by atoms with Gasteiger partial charge in [-0.15, -0.1) is 0 Å². The van der Waals surface area contributed by atoms with Crippen LogP contribution in [0.2, 0.25) is 0 Å². The third kappa shape index (κ3) is 4.39. The number of oxazole rings is 1. The first-order valence-electron chi connectivity index (χ1n) is 15.3.